The summed E-state index contributed by atoms with van der Waals surface area (Å²) in [5.41, 5.74) is -0.0812. The molecule has 1 aromatic rings. The number of nitrogens with one attached hydrogen (secondary N) is 2. The van der Waals surface area contributed by atoms with Crippen molar-refractivity contribution in [3.05, 3.63) is 69.8 Å². The van der Waals surface area contributed by atoms with Crippen LogP contribution >= 0.6 is 0 Å². The van der Waals surface area contributed by atoms with Crippen molar-refractivity contribution >= 4 is 23.2 Å². The first-order valence-corrected chi connectivity index (χ1v) is 20.4. The fourth-order valence-electron chi connectivity index (χ4n) is 8.88. The van der Waals surface area contributed by atoms with E-state index in [9.17, 15) is 34.8 Å². The van der Waals surface area contributed by atoms with Crippen molar-refractivity contribution in [3.63, 3.8) is 0 Å². The van der Waals surface area contributed by atoms with Gasteiger partial charge in [0.15, 0.2) is 0 Å². The van der Waals surface area contributed by atoms with Gasteiger partial charge in [-0.25, -0.2) is 0 Å². The summed E-state index contributed by atoms with van der Waals surface area (Å²) in [4.78, 5) is 50.6. The lowest BCUT2D eigenvalue weighted by atomic mass is 9.78. The topological polar surface area (TPSA) is 199 Å². The Morgan fingerprint density at radius 1 is 0.931 bits per heavy atom. The molecular formula is C44H60N4O10. The molecule has 4 heterocycles. The molecule has 1 saturated heterocycles. The van der Waals surface area contributed by atoms with Gasteiger partial charge in [0.2, 0.25) is 5.78 Å². The molecule has 316 valence electrons. The monoisotopic (exact) mass is 804 g/mol. The number of amides is 1. The molecule has 4 aliphatic heterocycles. The van der Waals surface area contributed by atoms with E-state index in [0.717, 1.165) is 19.6 Å². The second kappa shape index (κ2) is 16.4. The molecule has 0 aromatic heterocycles. The van der Waals surface area contributed by atoms with Gasteiger partial charge in [-0.15, -0.1) is 0 Å². The van der Waals surface area contributed by atoms with Crippen LogP contribution in [-0.4, -0.2) is 111 Å². The average molecular weight is 805 g/mol. The number of ether oxygens (including phenoxy) is 3. The highest BCUT2D eigenvalue weighted by molar-refractivity contribution is 6.34. The van der Waals surface area contributed by atoms with E-state index in [1.165, 1.54) is 26.4 Å². The number of aliphatic hydroxyl groups excluding tert-OH is 3. The van der Waals surface area contributed by atoms with E-state index in [1.54, 1.807) is 59.8 Å². The molecule has 14 nitrogen and oxygen atoms in total. The summed E-state index contributed by atoms with van der Waals surface area (Å²) in [5.74, 6) is -6.05. The third-order valence-corrected chi connectivity index (χ3v) is 12.7. The lowest BCUT2D eigenvalue weighted by molar-refractivity contribution is -0.116. The maximum absolute atomic E-state index is 14.7. The summed E-state index contributed by atoms with van der Waals surface area (Å²) < 4.78 is 18.0. The molecule has 5 bridgehead atoms. The van der Waals surface area contributed by atoms with Gasteiger partial charge in [0.05, 0.1) is 53.2 Å². The number of likely N-dealkylation sites (tertiary alicyclic amines) is 1. The van der Waals surface area contributed by atoms with Gasteiger partial charge in [0, 0.05) is 86.9 Å². The van der Waals surface area contributed by atoms with Crippen LogP contribution in [0.2, 0.25) is 0 Å². The highest BCUT2D eigenvalue weighted by atomic mass is 16.7. The minimum atomic E-state index is -1.94. The number of nitrogens with zero attached hydrogens (tertiary/aromatic N) is 2. The number of aromatic hydroxyl groups is 1. The van der Waals surface area contributed by atoms with Crippen LogP contribution in [0.3, 0.4) is 0 Å². The Morgan fingerprint density at radius 2 is 1.57 bits per heavy atom. The molecule has 14 heteroatoms. The predicted octanol–water partition coefficient (Wildman–Crippen LogP) is 4.04. The van der Waals surface area contributed by atoms with E-state index in [-0.39, 0.29) is 50.7 Å². The van der Waals surface area contributed by atoms with E-state index in [0.29, 0.717) is 18.8 Å². The number of carbonyl (C=O) groups excluding carboxylic acids is 3. The van der Waals surface area contributed by atoms with E-state index in [4.69, 9.17) is 19.2 Å². The average Bonchev–Trinajstić information content (AvgIpc) is 3.69. The maximum Gasteiger partial charge on any atom is 0.312 e. The molecule has 58 heavy (non-hydrogen) atoms. The van der Waals surface area contributed by atoms with Gasteiger partial charge < -0.3 is 50.2 Å². The normalized spacial score (nSPS) is 35.1. The number of phenols is 1. The summed E-state index contributed by atoms with van der Waals surface area (Å²) in [6.45, 7) is 18.2. The number of piperidine rings is 1. The SMILES string of the molecule is CO[C@H]1/C=C/OC2(C)Oc3c(C)c(O)c4c(c3C2=O)C2=NC3(CCN(CC(C)C)CC3)NC2=C(NC(=O)/C(C)=C\C=C\C(C)[C@H](O)[C@@H](C)[C@@H](O)[C@@H](C)[C@H](O)[C@@H]1C)C4=O. The zero-order valence-electron chi connectivity index (χ0n) is 35.3. The van der Waals surface area contributed by atoms with Crippen molar-refractivity contribution in [2.45, 2.75) is 111 Å². The first-order valence-electron chi connectivity index (χ1n) is 20.4. The Labute approximate surface area is 340 Å². The second-order valence-corrected chi connectivity index (χ2v) is 17.4. The third-order valence-electron chi connectivity index (χ3n) is 12.7. The molecule has 9 atom stereocenters. The van der Waals surface area contributed by atoms with Gasteiger partial charge >= 0.3 is 5.79 Å². The van der Waals surface area contributed by atoms with Crippen molar-refractivity contribution < 1.29 is 49.0 Å². The van der Waals surface area contributed by atoms with Crippen LogP contribution in [0.25, 0.3) is 0 Å². The molecule has 0 radical (unpaired) electrons. The van der Waals surface area contributed by atoms with E-state index >= 15 is 0 Å². The highest BCUT2D eigenvalue weighted by Gasteiger charge is 2.54. The van der Waals surface area contributed by atoms with Gasteiger partial charge in [0.25, 0.3) is 11.7 Å². The molecule has 5 aliphatic rings. The Hall–Kier alpha value is -4.34. The number of hydrogen-bond acceptors (Lipinski definition) is 13. The Balaban J connectivity index is 1.48. The Bertz CT molecular complexity index is 1990. The molecule has 6 N–H and O–H groups in total. The number of allylic oxidation sites excluding steroid dienone is 4. The number of ketones is 2. The largest absolute Gasteiger partial charge is 0.507 e. The van der Waals surface area contributed by atoms with Crippen LogP contribution in [-0.2, 0) is 14.3 Å². The molecule has 1 amide bonds. The zero-order valence-corrected chi connectivity index (χ0v) is 35.3. The highest BCUT2D eigenvalue weighted by Crippen LogP contribution is 2.50. The maximum atomic E-state index is 14.7. The zero-order chi connectivity index (χ0) is 42.6. The van der Waals surface area contributed by atoms with E-state index < -0.39 is 82.8 Å². The van der Waals surface area contributed by atoms with Crippen molar-refractivity contribution in [3.8, 4) is 11.5 Å². The summed E-state index contributed by atoms with van der Waals surface area (Å²) in [7, 11) is 1.47. The third kappa shape index (κ3) is 7.65. The minimum absolute atomic E-state index is 0.0308. The quantitative estimate of drug-likeness (QED) is 0.257. The molecule has 1 aromatic carbocycles. The first kappa shape index (κ1) is 43.2. The smallest absolute Gasteiger partial charge is 0.312 e. The van der Waals surface area contributed by atoms with Crippen LogP contribution in [0.5, 0.6) is 11.5 Å². The van der Waals surface area contributed by atoms with E-state index in [2.05, 4.69) is 29.4 Å². The minimum Gasteiger partial charge on any atom is -0.507 e. The van der Waals surface area contributed by atoms with Gasteiger partial charge in [-0.05, 0) is 25.8 Å². The Morgan fingerprint density at radius 3 is 2.21 bits per heavy atom. The number of hydrogen-bond donors (Lipinski definition) is 6. The van der Waals surface area contributed by atoms with Gasteiger partial charge in [-0.2, -0.15) is 0 Å². The number of carbonyl (C=O) groups is 3. The molecule has 1 fully saturated rings. The number of rotatable bonds is 3. The van der Waals surface area contributed by atoms with Gasteiger partial charge in [-0.1, -0.05) is 59.8 Å². The summed E-state index contributed by atoms with van der Waals surface area (Å²) in [5, 5.41) is 52.0. The first-order chi connectivity index (χ1) is 27.3. The summed E-state index contributed by atoms with van der Waals surface area (Å²) in [6.07, 6.45) is 5.00. The molecule has 0 saturated carbocycles. The number of aliphatic imine (C=N–C) groups is 1. The molecule has 1 spiro atoms. The van der Waals surface area contributed by atoms with Crippen molar-refractivity contribution in [1.82, 2.24) is 15.5 Å². The van der Waals surface area contributed by atoms with Crippen LogP contribution in [0, 0.1) is 36.5 Å². The number of phenolic OH excluding ortho intramolecular Hbond substituents is 1. The standard InChI is InChI=1S/C44H60N4O10/c1-21(2)20-48-17-15-44(16-18-48)46-32-29-30-38(52)27(8)40-31(29)41(54)43(9,58-40)57-19-14-28(56-10)24(5)36(50)26(7)37(51)25(6)35(49)22(3)12-11-13-23(4)42(55)45-34(39(30)53)33(32)47-44/h11-14,19,21-22,24-26,28,35-37,47,49-52H,15-18,20H2,1-10H3,(H,45,55)/b12-11+,19-14+,23-13-/t22?,24-,25-,26+,28+,35+,36-,37-,43?/m1/s1. The van der Waals surface area contributed by atoms with Gasteiger partial charge in [-0.3, -0.25) is 19.4 Å². The van der Waals surface area contributed by atoms with Gasteiger partial charge in [0.1, 0.15) is 22.9 Å². The lowest BCUT2D eigenvalue weighted by Crippen LogP contribution is -2.50. The van der Waals surface area contributed by atoms with E-state index in [1.807, 2.05) is 0 Å². The van der Waals surface area contributed by atoms with Crippen LogP contribution in [0.15, 0.2) is 52.5 Å². The second-order valence-electron chi connectivity index (χ2n) is 17.4. The fourth-order valence-corrected chi connectivity index (χ4v) is 8.88. The predicted molar refractivity (Wildman–Crippen MR) is 217 cm³/mol. The molecule has 2 unspecified atom stereocenters. The van der Waals surface area contributed by atoms with Crippen LogP contribution < -0.4 is 15.4 Å². The molecule has 6 rings (SSSR count). The van der Waals surface area contributed by atoms with Crippen LogP contribution in [0.4, 0.5) is 0 Å². The van der Waals surface area contributed by atoms with Crippen molar-refractivity contribution in [2.24, 2.45) is 34.6 Å². The number of methoxy groups -OCH3 is 1. The van der Waals surface area contributed by atoms with Crippen LogP contribution in [0.1, 0.15) is 100 Å². The molecule has 1 aliphatic carbocycles. The number of fused-ring (bicyclic) bond motifs is 3. The number of benzene rings is 1. The summed E-state index contributed by atoms with van der Waals surface area (Å²) in [6, 6.07) is 0. The number of Topliss-reactive ketones (excluding diaryl/α,β-unsaturated/α-hetero) is 2. The number of aliphatic hydroxyl groups is 3. The summed E-state index contributed by atoms with van der Waals surface area (Å²) >= 11 is 0. The fraction of sp³-hybridized carbons (Fsp3) is 0.591. The lowest BCUT2D eigenvalue weighted by Gasteiger charge is -2.38. The van der Waals surface area contributed by atoms with Crippen molar-refractivity contribution in [1.29, 1.82) is 0 Å². The van der Waals surface area contributed by atoms with Crippen molar-refractivity contribution in [2.75, 3.05) is 26.7 Å². The molecular weight excluding hydrogens is 745 g/mol. The Kier molecular flexibility index (Phi) is 12.2.